The van der Waals surface area contributed by atoms with Crippen LogP contribution in [0.1, 0.15) is 31.2 Å². The molecule has 1 aliphatic rings. The minimum Gasteiger partial charge on any atom is -0.330 e. The standard InChI is InChI=1S/C12H14ClF2N/c13-9-6-11(15)10(14)5-8(9)12(7-16)3-1-2-4-12/h5-6H,1-4,7,16H2. The Labute approximate surface area is 98.6 Å². The molecule has 0 aliphatic heterocycles. The Morgan fingerprint density at radius 2 is 1.75 bits per heavy atom. The third-order valence-corrected chi connectivity index (χ3v) is 3.85. The summed E-state index contributed by atoms with van der Waals surface area (Å²) in [7, 11) is 0. The molecule has 0 atom stereocenters. The van der Waals surface area contributed by atoms with Crippen molar-refractivity contribution < 1.29 is 8.78 Å². The minimum absolute atomic E-state index is 0.258. The largest absolute Gasteiger partial charge is 0.330 e. The van der Waals surface area contributed by atoms with E-state index in [2.05, 4.69) is 0 Å². The molecule has 0 heterocycles. The summed E-state index contributed by atoms with van der Waals surface area (Å²) in [5.74, 6) is -1.75. The van der Waals surface area contributed by atoms with E-state index in [1.54, 1.807) is 0 Å². The summed E-state index contributed by atoms with van der Waals surface area (Å²) in [5, 5.41) is 0.284. The fourth-order valence-electron chi connectivity index (χ4n) is 2.56. The zero-order valence-electron chi connectivity index (χ0n) is 8.90. The number of rotatable bonds is 2. The van der Waals surface area contributed by atoms with Crippen molar-refractivity contribution in [3.63, 3.8) is 0 Å². The fourth-order valence-corrected chi connectivity index (χ4v) is 2.91. The van der Waals surface area contributed by atoms with E-state index in [4.69, 9.17) is 17.3 Å². The number of nitrogens with two attached hydrogens (primary N) is 1. The Kier molecular flexibility index (Phi) is 3.17. The molecule has 1 aliphatic carbocycles. The number of benzene rings is 1. The molecule has 0 amide bonds. The van der Waals surface area contributed by atoms with Crippen molar-refractivity contribution >= 4 is 11.6 Å². The van der Waals surface area contributed by atoms with Gasteiger partial charge in [-0.05, 0) is 30.5 Å². The van der Waals surface area contributed by atoms with Crippen molar-refractivity contribution in [2.24, 2.45) is 5.73 Å². The molecule has 0 aromatic heterocycles. The van der Waals surface area contributed by atoms with Crippen molar-refractivity contribution in [1.29, 1.82) is 0 Å². The molecule has 0 saturated heterocycles. The number of hydrogen-bond donors (Lipinski definition) is 1. The zero-order valence-corrected chi connectivity index (χ0v) is 9.66. The van der Waals surface area contributed by atoms with Crippen LogP contribution in [0.4, 0.5) is 8.78 Å². The van der Waals surface area contributed by atoms with Crippen LogP contribution in [0.25, 0.3) is 0 Å². The summed E-state index contributed by atoms with van der Waals surface area (Å²) >= 11 is 5.99. The predicted octanol–water partition coefficient (Wildman–Crippen LogP) is 3.39. The van der Waals surface area contributed by atoms with Crippen molar-refractivity contribution in [1.82, 2.24) is 0 Å². The predicted molar refractivity (Wildman–Crippen MR) is 60.6 cm³/mol. The molecule has 0 bridgehead atoms. The van der Waals surface area contributed by atoms with Gasteiger partial charge in [0.25, 0.3) is 0 Å². The molecule has 2 N–H and O–H groups in total. The third-order valence-electron chi connectivity index (χ3n) is 3.53. The minimum atomic E-state index is -0.904. The van der Waals surface area contributed by atoms with Crippen LogP contribution >= 0.6 is 11.6 Å². The van der Waals surface area contributed by atoms with E-state index in [9.17, 15) is 8.78 Å². The lowest BCUT2D eigenvalue weighted by atomic mass is 9.79. The molecule has 16 heavy (non-hydrogen) atoms. The van der Waals surface area contributed by atoms with Gasteiger partial charge in [-0.2, -0.15) is 0 Å². The maximum atomic E-state index is 13.2. The maximum absolute atomic E-state index is 13.2. The summed E-state index contributed by atoms with van der Waals surface area (Å²) in [6.07, 6.45) is 3.92. The molecule has 0 spiro atoms. The molecule has 1 aromatic carbocycles. The topological polar surface area (TPSA) is 26.0 Å². The molecule has 2 rings (SSSR count). The molecule has 0 unspecified atom stereocenters. The van der Waals surface area contributed by atoms with Crippen LogP contribution in [0, 0.1) is 11.6 Å². The van der Waals surface area contributed by atoms with Gasteiger partial charge in [0, 0.05) is 17.0 Å². The first-order valence-corrected chi connectivity index (χ1v) is 5.82. The van der Waals surface area contributed by atoms with Crippen molar-refractivity contribution in [3.8, 4) is 0 Å². The fraction of sp³-hybridized carbons (Fsp3) is 0.500. The highest BCUT2D eigenvalue weighted by Crippen LogP contribution is 2.43. The zero-order chi connectivity index (χ0) is 11.8. The highest BCUT2D eigenvalue weighted by Gasteiger charge is 2.36. The highest BCUT2D eigenvalue weighted by molar-refractivity contribution is 6.31. The van der Waals surface area contributed by atoms with E-state index in [0.717, 1.165) is 31.7 Å². The first kappa shape index (κ1) is 11.8. The SMILES string of the molecule is NCC1(c2cc(F)c(F)cc2Cl)CCCC1. The Morgan fingerprint density at radius 1 is 1.19 bits per heavy atom. The Bertz CT molecular complexity index is 400. The van der Waals surface area contributed by atoms with Crippen molar-refractivity contribution in [2.45, 2.75) is 31.1 Å². The Hall–Kier alpha value is -0.670. The molecule has 1 saturated carbocycles. The quantitative estimate of drug-likeness (QED) is 0.795. The Balaban J connectivity index is 2.50. The monoisotopic (exact) mass is 245 g/mol. The van der Waals surface area contributed by atoms with Crippen molar-refractivity contribution in [3.05, 3.63) is 34.4 Å². The van der Waals surface area contributed by atoms with Crippen LogP contribution in [0.2, 0.25) is 5.02 Å². The molecule has 88 valence electrons. The van der Waals surface area contributed by atoms with Crippen LogP contribution < -0.4 is 5.73 Å². The Morgan fingerprint density at radius 3 is 2.31 bits per heavy atom. The summed E-state index contributed by atoms with van der Waals surface area (Å²) < 4.78 is 26.2. The lowest BCUT2D eigenvalue weighted by Gasteiger charge is -2.28. The molecule has 1 aromatic rings. The molecule has 0 radical (unpaired) electrons. The maximum Gasteiger partial charge on any atom is 0.160 e. The van der Waals surface area contributed by atoms with Gasteiger partial charge >= 0.3 is 0 Å². The lowest BCUT2D eigenvalue weighted by molar-refractivity contribution is 0.443. The summed E-state index contributed by atoms with van der Waals surface area (Å²) in [6.45, 7) is 0.428. The average molecular weight is 246 g/mol. The van der Waals surface area contributed by atoms with Crippen molar-refractivity contribution in [2.75, 3.05) is 6.54 Å². The van der Waals surface area contributed by atoms with E-state index >= 15 is 0 Å². The van der Waals surface area contributed by atoms with Crippen LogP contribution in [-0.4, -0.2) is 6.54 Å². The first-order valence-electron chi connectivity index (χ1n) is 5.44. The third kappa shape index (κ3) is 1.82. The number of halogens is 3. The van der Waals surface area contributed by atoms with Crippen LogP contribution in [0.15, 0.2) is 12.1 Å². The van der Waals surface area contributed by atoms with Crippen LogP contribution in [-0.2, 0) is 5.41 Å². The number of hydrogen-bond acceptors (Lipinski definition) is 1. The van der Waals surface area contributed by atoms with Crippen LogP contribution in [0.5, 0.6) is 0 Å². The van der Waals surface area contributed by atoms with Gasteiger partial charge in [-0.15, -0.1) is 0 Å². The highest BCUT2D eigenvalue weighted by atomic mass is 35.5. The van der Waals surface area contributed by atoms with E-state index < -0.39 is 11.6 Å². The molecule has 1 fully saturated rings. The summed E-state index contributed by atoms with van der Waals surface area (Å²) in [5.41, 5.74) is 6.18. The van der Waals surface area contributed by atoms with Crippen LogP contribution in [0.3, 0.4) is 0 Å². The summed E-state index contributed by atoms with van der Waals surface area (Å²) in [6, 6.07) is 2.25. The van der Waals surface area contributed by atoms with Gasteiger partial charge < -0.3 is 5.73 Å². The van der Waals surface area contributed by atoms with E-state index in [1.165, 1.54) is 6.07 Å². The lowest BCUT2D eigenvalue weighted by Crippen LogP contribution is -2.32. The average Bonchev–Trinajstić information content (AvgIpc) is 2.73. The smallest absolute Gasteiger partial charge is 0.160 e. The van der Waals surface area contributed by atoms with Gasteiger partial charge in [0.15, 0.2) is 11.6 Å². The van der Waals surface area contributed by atoms with E-state index in [0.29, 0.717) is 12.1 Å². The second-order valence-electron chi connectivity index (χ2n) is 4.44. The first-order chi connectivity index (χ1) is 7.59. The molecular weight excluding hydrogens is 232 g/mol. The normalized spacial score (nSPS) is 19.0. The second kappa shape index (κ2) is 4.30. The van der Waals surface area contributed by atoms with Gasteiger partial charge in [-0.3, -0.25) is 0 Å². The summed E-state index contributed by atoms with van der Waals surface area (Å²) in [4.78, 5) is 0. The molecular formula is C12H14ClF2N. The van der Waals surface area contributed by atoms with Gasteiger partial charge in [-0.1, -0.05) is 24.4 Å². The second-order valence-corrected chi connectivity index (χ2v) is 4.84. The van der Waals surface area contributed by atoms with Gasteiger partial charge in [0.05, 0.1) is 0 Å². The molecule has 4 heteroatoms. The molecule has 1 nitrogen and oxygen atoms in total. The van der Waals surface area contributed by atoms with E-state index in [1.807, 2.05) is 0 Å². The van der Waals surface area contributed by atoms with Gasteiger partial charge in [0.1, 0.15) is 0 Å². The van der Waals surface area contributed by atoms with Gasteiger partial charge in [-0.25, -0.2) is 8.78 Å². The van der Waals surface area contributed by atoms with E-state index in [-0.39, 0.29) is 10.4 Å². The van der Waals surface area contributed by atoms with Gasteiger partial charge in [0.2, 0.25) is 0 Å².